The lowest BCUT2D eigenvalue weighted by Crippen LogP contribution is -2.45. The average molecular weight is 549 g/mol. The molecule has 0 radical (unpaired) electrons. The summed E-state index contributed by atoms with van der Waals surface area (Å²) in [5.74, 6) is 1.12. The number of nitrogens with one attached hydrogen (secondary N) is 1. The van der Waals surface area contributed by atoms with Crippen molar-refractivity contribution in [1.29, 1.82) is 0 Å². The predicted octanol–water partition coefficient (Wildman–Crippen LogP) is 7.79. The van der Waals surface area contributed by atoms with Gasteiger partial charge in [-0.2, -0.15) is 0 Å². The summed E-state index contributed by atoms with van der Waals surface area (Å²) in [5, 5.41) is 4.44. The molecule has 5 aromatic rings. The molecule has 0 spiro atoms. The van der Waals surface area contributed by atoms with E-state index in [0.717, 1.165) is 45.0 Å². The summed E-state index contributed by atoms with van der Waals surface area (Å²) in [6.07, 6.45) is 0. The van der Waals surface area contributed by atoms with Gasteiger partial charge in [-0.1, -0.05) is 151 Å². The van der Waals surface area contributed by atoms with E-state index < -0.39 is 5.54 Å². The number of hydrogen-bond donors (Lipinski definition) is 1. The Morgan fingerprint density at radius 1 is 0.488 bits per heavy atom. The smallest absolute Gasteiger partial charge is 0.196 e. The molecular formula is C36H25ClN4. The van der Waals surface area contributed by atoms with Crippen LogP contribution in [0.25, 0.3) is 0 Å². The van der Waals surface area contributed by atoms with Crippen LogP contribution in [0.4, 0.5) is 0 Å². The molecule has 2 heterocycles. The quantitative estimate of drug-likeness (QED) is 0.239. The van der Waals surface area contributed by atoms with Crippen molar-refractivity contribution in [3.8, 4) is 0 Å². The summed E-state index contributed by atoms with van der Waals surface area (Å²) in [4.78, 5) is 15.4. The summed E-state index contributed by atoms with van der Waals surface area (Å²) in [5.41, 5.74) is 6.57. The third kappa shape index (κ3) is 4.39. The lowest BCUT2D eigenvalue weighted by Gasteiger charge is -2.33. The van der Waals surface area contributed by atoms with Crippen LogP contribution in [0.2, 0.25) is 5.02 Å². The minimum Gasteiger partial charge on any atom is -0.348 e. The molecule has 4 nitrogen and oxygen atoms in total. The van der Waals surface area contributed by atoms with E-state index in [0.29, 0.717) is 16.7 Å². The Labute approximate surface area is 244 Å². The Balaban J connectivity index is 1.49. The molecule has 196 valence electrons. The second kappa shape index (κ2) is 10.5. The van der Waals surface area contributed by atoms with Gasteiger partial charge in [-0.15, -0.1) is 0 Å². The molecule has 2 aliphatic heterocycles. The van der Waals surface area contributed by atoms with Crippen molar-refractivity contribution in [2.45, 2.75) is 5.54 Å². The lowest BCUT2D eigenvalue weighted by atomic mass is 9.77. The predicted molar refractivity (Wildman–Crippen MR) is 168 cm³/mol. The number of nitrogens with zero attached hydrogens (tertiary/aromatic N) is 3. The highest BCUT2D eigenvalue weighted by molar-refractivity contribution is 6.57. The maximum Gasteiger partial charge on any atom is 0.196 e. The van der Waals surface area contributed by atoms with E-state index in [1.165, 1.54) is 0 Å². The van der Waals surface area contributed by atoms with Gasteiger partial charge in [0.15, 0.2) is 11.6 Å². The first-order chi connectivity index (χ1) is 20.2. The fourth-order valence-corrected chi connectivity index (χ4v) is 5.72. The number of aliphatic imine (C=N–C) groups is 3. The second-order valence-electron chi connectivity index (χ2n) is 9.87. The molecule has 2 aliphatic rings. The van der Waals surface area contributed by atoms with Gasteiger partial charge in [-0.25, -0.2) is 15.0 Å². The summed E-state index contributed by atoms with van der Waals surface area (Å²) >= 11 is 6.68. The van der Waals surface area contributed by atoms with Crippen LogP contribution >= 0.6 is 11.6 Å². The molecule has 0 unspecified atom stereocenters. The van der Waals surface area contributed by atoms with Gasteiger partial charge in [-0.3, -0.25) is 0 Å². The van der Waals surface area contributed by atoms with Gasteiger partial charge in [0.25, 0.3) is 0 Å². The van der Waals surface area contributed by atoms with Crippen molar-refractivity contribution < 1.29 is 0 Å². The van der Waals surface area contributed by atoms with Crippen LogP contribution in [-0.4, -0.2) is 17.1 Å². The van der Waals surface area contributed by atoms with Gasteiger partial charge in [0.05, 0.1) is 16.4 Å². The van der Waals surface area contributed by atoms with E-state index in [1.807, 2.05) is 84.9 Å². The topological polar surface area (TPSA) is 49.1 Å². The van der Waals surface area contributed by atoms with Crippen molar-refractivity contribution in [2.24, 2.45) is 15.0 Å². The van der Waals surface area contributed by atoms with Gasteiger partial charge >= 0.3 is 0 Å². The highest BCUT2D eigenvalue weighted by atomic mass is 35.5. The Bertz CT molecular complexity index is 1800. The second-order valence-corrected chi connectivity index (χ2v) is 10.3. The molecular weight excluding hydrogens is 524 g/mol. The highest BCUT2D eigenvalue weighted by Gasteiger charge is 2.46. The summed E-state index contributed by atoms with van der Waals surface area (Å²) < 4.78 is 0. The molecule has 41 heavy (non-hydrogen) atoms. The molecule has 1 N–H and O–H groups in total. The zero-order chi connectivity index (χ0) is 27.6. The van der Waals surface area contributed by atoms with Gasteiger partial charge in [0.1, 0.15) is 11.3 Å². The average Bonchev–Trinajstić information content (AvgIpc) is 3.67. The number of rotatable bonds is 5. The molecule has 0 aliphatic carbocycles. The van der Waals surface area contributed by atoms with E-state index in [-0.39, 0.29) is 0 Å². The fraction of sp³-hybridized carbons (Fsp3) is 0.0278. The molecule has 5 heteroatoms. The van der Waals surface area contributed by atoms with E-state index >= 15 is 0 Å². The van der Waals surface area contributed by atoms with Crippen LogP contribution in [0, 0.1) is 0 Å². The molecule has 7 rings (SSSR count). The highest BCUT2D eigenvalue weighted by Crippen LogP contribution is 2.40. The van der Waals surface area contributed by atoms with Crippen molar-refractivity contribution in [2.75, 3.05) is 0 Å². The molecule has 5 aromatic carbocycles. The van der Waals surface area contributed by atoms with Crippen LogP contribution < -0.4 is 5.32 Å². The Morgan fingerprint density at radius 2 is 0.976 bits per heavy atom. The summed E-state index contributed by atoms with van der Waals surface area (Å²) in [7, 11) is 0. The summed E-state index contributed by atoms with van der Waals surface area (Å²) in [6, 6.07) is 49.0. The van der Waals surface area contributed by atoms with Gasteiger partial charge in [0, 0.05) is 11.1 Å². The maximum absolute atomic E-state index is 6.68. The standard InChI is InChI=1S/C36H25ClN4/c37-30-24-14-13-23-29(30)32-31(25-15-5-1-6-16-25)38-34(39-32)35-40-33(26-17-7-2-8-18-26)36(41-35,27-19-9-3-10-20-27)28-21-11-4-12-22-28/h1-24,41H. The Hall–Kier alpha value is -5.06. The molecule has 0 saturated carbocycles. The number of halogens is 1. The van der Waals surface area contributed by atoms with Crippen molar-refractivity contribution in [1.82, 2.24) is 5.32 Å². The third-order valence-electron chi connectivity index (χ3n) is 7.39. The largest absolute Gasteiger partial charge is 0.348 e. The van der Waals surface area contributed by atoms with Crippen LogP contribution in [-0.2, 0) is 5.54 Å². The number of benzene rings is 5. The van der Waals surface area contributed by atoms with E-state index in [9.17, 15) is 0 Å². The lowest BCUT2D eigenvalue weighted by molar-refractivity contribution is 0.611. The first kappa shape index (κ1) is 24.9. The fourth-order valence-electron chi connectivity index (χ4n) is 5.49. The maximum atomic E-state index is 6.68. The van der Waals surface area contributed by atoms with Crippen molar-refractivity contribution in [3.63, 3.8) is 0 Å². The minimum absolute atomic E-state index is 0.515. The minimum atomic E-state index is -0.753. The molecule has 0 saturated heterocycles. The Kier molecular flexibility index (Phi) is 6.38. The molecule has 0 amide bonds. The number of hydrogen-bond acceptors (Lipinski definition) is 4. The first-order valence-electron chi connectivity index (χ1n) is 13.5. The van der Waals surface area contributed by atoms with Crippen LogP contribution in [0.15, 0.2) is 172 Å². The van der Waals surface area contributed by atoms with E-state index in [4.69, 9.17) is 26.6 Å². The normalized spacial score (nSPS) is 17.4. The van der Waals surface area contributed by atoms with E-state index in [1.54, 1.807) is 0 Å². The van der Waals surface area contributed by atoms with Crippen molar-refractivity contribution >= 4 is 28.7 Å². The van der Waals surface area contributed by atoms with Crippen LogP contribution in [0.5, 0.6) is 0 Å². The summed E-state index contributed by atoms with van der Waals surface area (Å²) in [6.45, 7) is 0. The zero-order valence-electron chi connectivity index (χ0n) is 22.1. The van der Waals surface area contributed by atoms with Gasteiger partial charge in [0.2, 0.25) is 0 Å². The monoisotopic (exact) mass is 548 g/mol. The molecule has 0 bridgehead atoms. The first-order valence-corrected chi connectivity index (χ1v) is 13.9. The van der Waals surface area contributed by atoms with E-state index in [2.05, 4.69) is 66.0 Å². The van der Waals surface area contributed by atoms with Crippen LogP contribution in [0.3, 0.4) is 0 Å². The third-order valence-corrected chi connectivity index (χ3v) is 7.72. The zero-order valence-corrected chi connectivity index (χ0v) is 22.8. The van der Waals surface area contributed by atoms with Gasteiger partial charge in [-0.05, 0) is 22.8 Å². The molecule has 0 fully saturated rings. The molecule has 0 aromatic heterocycles. The Morgan fingerprint density at radius 3 is 1.56 bits per heavy atom. The van der Waals surface area contributed by atoms with Gasteiger partial charge < -0.3 is 5.32 Å². The van der Waals surface area contributed by atoms with Crippen molar-refractivity contribution in [3.05, 3.63) is 190 Å². The SMILES string of the molecule is Clc1ccccc1C1=NC(=C2N=C(c3ccccc3)C(c3ccccc3)(c3ccccc3)N2)N=C1c1ccccc1. The van der Waals surface area contributed by atoms with Crippen LogP contribution in [0.1, 0.15) is 27.8 Å². The molecule has 0 atom stereocenters.